The Kier molecular flexibility index (Phi) is 2.80. The second-order valence-corrected chi connectivity index (χ2v) is 5.32. The van der Waals surface area contributed by atoms with Crippen LogP contribution in [-0.4, -0.2) is 23.9 Å². The number of carbonyl (C=O) groups excluding carboxylic acids is 1. The standard InChI is InChI=1S/C12H21NO/c1-9-6-10(2)8-13(7-9)12(14)11-4-3-5-11/h9-11H,3-8H2,1-2H3/t9-,10-/m1/s1. The second kappa shape index (κ2) is 3.92. The average Bonchev–Trinajstić information content (AvgIpc) is 1.98. The molecule has 0 radical (unpaired) electrons. The monoisotopic (exact) mass is 195 g/mol. The quantitative estimate of drug-likeness (QED) is 0.628. The van der Waals surface area contributed by atoms with Gasteiger partial charge in [0.2, 0.25) is 5.91 Å². The largest absolute Gasteiger partial charge is 0.342 e. The summed E-state index contributed by atoms with van der Waals surface area (Å²) in [5, 5.41) is 0. The van der Waals surface area contributed by atoms with Gasteiger partial charge in [-0.2, -0.15) is 0 Å². The number of nitrogens with zero attached hydrogens (tertiary/aromatic N) is 1. The highest BCUT2D eigenvalue weighted by atomic mass is 16.2. The lowest BCUT2D eigenvalue weighted by molar-refractivity contribution is -0.140. The number of carbonyl (C=O) groups is 1. The third-order valence-electron chi connectivity index (χ3n) is 3.63. The maximum Gasteiger partial charge on any atom is 0.225 e. The molecule has 0 aromatic rings. The lowest BCUT2D eigenvalue weighted by Crippen LogP contribution is -2.46. The molecule has 2 atom stereocenters. The molecular formula is C12H21NO. The van der Waals surface area contributed by atoms with Crippen LogP contribution in [0.25, 0.3) is 0 Å². The van der Waals surface area contributed by atoms with E-state index in [9.17, 15) is 4.79 Å². The van der Waals surface area contributed by atoms with Crippen molar-refractivity contribution in [1.29, 1.82) is 0 Å². The number of piperidine rings is 1. The second-order valence-electron chi connectivity index (χ2n) is 5.32. The Morgan fingerprint density at radius 1 is 1.14 bits per heavy atom. The summed E-state index contributed by atoms with van der Waals surface area (Å²) in [6.07, 6.45) is 4.82. The van der Waals surface area contributed by atoms with Gasteiger partial charge < -0.3 is 4.90 Å². The van der Waals surface area contributed by atoms with Crippen molar-refractivity contribution in [2.24, 2.45) is 17.8 Å². The first-order valence-electron chi connectivity index (χ1n) is 5.95. The normalized spacial score (nSPS) is 34.0. The number of likely N-dealkylation sites (tertiary alicyclic amines) is 1. The molecule has 80 valence electrons. The molecule has 0 bridgehead atoms. The van der Waals surface area contributed by atoms with Crippen molar-refractivity contribution in [3.05, 3.63) is 0 Å². The first-order chi connectivity index (χ1) is 6.66. The van der Waals surface area contributed by atoms with Crippen molar-refractivity contribution < 1.29 is 4.79 Å². The van der Waals surface area contributed by atoms with E-state index in [4.69, 9.17) is 0 Å². The summed E-state index contributed by atoms with van der Waals surface area (Å²) < 4.78 is 0. The van der Waals surface area contributed by atoms with E-state index in [1.807, 2.05) is 0 Å². The number of rotatable bonds is 1. The molecule has 1 aliphatic heterocycles. The zero-order valence-electron chi connectivity index (χ0n) is 9.33. The lowest BCUT2D eigenvalue weighted by atomic mass is 9.83. The molecular weight excluding hydrogens is 174 g/mol. The maximum atomic E-state index is 12.0. The van der Waals surface area contributed by atoms with Gasteiger partial charge in [0.1, 0.15) is 0 Å². The minimum atomic E-state index is 0.382. The summed E-state index contributed by atoms with van der Waals surface area (Å²) in [6, 6.07) is 0. The fraction of sp³-hybridized carbons (Fsp3) is 0.917. The molecule has 1 saturated carbocycles. The molecule has 0 aromatic heterocycles. The van der Waals surface area contributed by atoms with Gasteiger partial charge in [-0.1, -0.05) is 20.3 Å². The molecule has 1 saturated heterocycles. The molecule has 2 heteroatoms. The maximum absolute atomic E-state index is 12.0. The Bertz CT molecular complexity index is 212. The van der Waals surface area contributed by atoms with Crippen LogP contribution >= 0.6 is 0 Å². The predicted octanol–water partition coefficient (Wildman–Crippen LogP) is 2.29. The van der Waals surface area contributed by atoms with Gasteiger partial charge in [0.15, 0.2) is 0 Å². The van der Waals surface area contributed by atoms with Gasteiger partial charge in [-0.3, -0.25) is 4.79 Å². The van der Waals surface area contributed by atoms with Gasteiger partial charge >= 0.3 is 0 Å². The third-order valence-corrected chi connectivity index (χ3v) is 3.63. The van der Waals surface area contributed by atoms with E-state index in [1.54, 1.807) is 0 Å². The van der Waals surface area contributed by atoms with E-state index < -0.39 is 0 Å². The van der Waals surface area contributed by atoms with Gasteiger partial charge in [0.05, 0.1) is 0 Å². The van der Waals surface area contributed by atoms with Crippen LogP contribution in [0.1, 0.15) is 39.5 Å². The van der Waals surface area contributed by atoms with Crippen molar-refractivity contribution in [1.82, 2.24) is 4.90 Å². The van der Waals surface area contributed by atoms with E-state index in [-0.39, 0.29) is 0 Å². The van der Waals surface area contributed by atoms with Crippen molar-refractivity contribution in [2.75, 3.05) is 13.1 Å². The zero-order chi connectivity index (χ0) is 10.1. The van der Waals surface area contributed by atoms with Gasteiger partial charge in [-0.05, 0) is 31.1 Å². The van der Waals surface area contributed by atoms with Crippen LogP contribution in [0.2, 0.25) is 0 Å². The Morgan fingerprint density at radius 3 is 2.14 bits per heavy atom. The highest BCUT2D eigenvalue weighted by Crippen LogP contribution is 2.30. The van der Waals surface area contributed by atoms with Crippen molar-refractivity contribution in [2.45, 2.75) is 39.5 Å². The van der Waals surface area contributed by atoms with Crippen LogP contribution in [0.4, 0.5) is 0 Å². The number of hydrogen-bond donors (Lipinski definition) is 0. The van der Waals surface area contributed by atoms with Crippen molar-refractivity contribution in [3.8, 4) is 0 Å². The predicted molar refractivity (Wildman–Crippen MR) is 56.9 cm³/mol. The average molecular weight is 195 g/mol. The van der Waals surface area contributed by atoms with E-state index in [2.05, 4.69) is 18.7 Å². The Hall–Kier alpha value is -0.530. The van der Waals surface area contributed by atoms with Crippen LogP contribution < -0.4 is 0 Å². The van der Waals surface area contributed by atoms with Gasteiger partial charge in [0.25, 0.3) is 0 Å². The fourth-order valence-corrected chi connectivity index (χ4v) is 2.76. The Balaban J connectivity index is 1.92. The molecule has 0 N–H and O–H groups in total. The summed E-state index contributed by atoms with van der Waals surface area (Å²) in [6.45, 7) is 6.52. The molecule has 2 nitrogen and oxygen atoms in total. The highest BCUT2D eigenvalue weighted by molar-refractivity contribution is 5.79. The summed E-state index contributed by atoms with van der Waals surface area (Å²) in [5.74, 6) is 2.22. The van der Waals surface area contributed by atoms with Crippen LogP contribution in [0.15, 0.2) is 0 Å². The number of hydrogen-bond acceptors (Lipinski definition) is 1. The summed E-state index contributed by atoms with van der Waals surface area (Å²) >= 11 is 0. The molecule has 0 aromatic carbocycles. The Labute approximate surface area is 86.7 Å². The summed E-state index contributed by atoms with van der Waals surface area (Å²) in [4.78, 5) is 14.1. The highest BCUT2D eigenvalue weighted by Gasteiger charge is 2.32. The minimum absolute atomic E-state index is 0.382. The van der Waals surface area contributed by atoms with Crippen molar-refractivity contribution >= 4 is 5.91 Å². The Morgan fingerprint density at radius 2 is 1.71 bits per heavy atom. The molecule has 2 fully saturated rings. The smallest absolute Gasteiger partial charge is 0.225 e. The van der Waals surface area contributed by atoms with E-state index in [0.717, 1.165) is 25.9 Å². The zero-order valence-corrected chi connectivity index (χ0v) is 9.33. The first-order valence-corrected chi connectivity index (χ1v) is 5.95. The SMILES string of the molecule is C[C@@H]1C[C@@H](C)CN(C(=O)C2CCC2)C1. The molecule has 14 heavy (non-hydrogen) atoms. The van der Waals surface area contributed by atoms with Crippen LogP contribution in [-0.2, 0) is 4.79 Å². The number of amides is 1. The molecule has 2 aliphatic rings. The van der Waals surface area contributed by atoms with E-state index in [0.29, 0.717) is 23.7 Å². The van der Waals surface area contributed by atoms with Crippen LogP contribution in [0.5, 0.6) is 0 Å². The summed E-state index contributed by atoms with van der Waals surface area (Å²) in [7, 11) is 0. The first kappa shape index (κ1) is 10.0. The molecule has 1 aliphatic carbocycles. The van der Waals surface area contributed by atoms with Gasteiger partial charge in [-0.25, -0.2) is 0 Å². The summed E-state index contributed by atoms with van der Waals surface area (Å²) in [5.41, 5.74) is 0. The topological polar surface area (TPSA) is 20.3 Å². The lowest BCUT2D eigenvalue weighted by Gasteiger charge is -2.38. The fourth-order valence-electron chi connectivity index (χ4n) is 2.76. The molecule has 2 rings (SSSR count). The van der Waals surface area contributed by atoms with Crippen molar-refractivity contribution in [3.63, 3.8) is 0 Å². The van der Waals surface area contributed by atoms with E-state index >= 15 is 0 Å². The van der Waals surface area contributed by atoms with Gasteiger partial charge in [0, 0.05) is 19.0 Å². The van der Waals surface area contributed by atoms with Gasteiger partial charge in [-0.15, -0.1) is 0 Å². The molecule has 1 heterocycles. The third kappa shape index (κ3) is 1.94. The molecule has 1 amide bonds. The molecule has 0 spiro atoms. The van der Waals surface area contributed by atoms with Crippen LogP contribution in [0.3, 0.4) is 0 Å². The van der Waals surface area contributed by atoms with Crippen LogP contribution in [0, 0.1) is 17.8 Å². The molecule has 0 unspecified atom stereocenters. The van der Waals surface area contributed by atoms with E-state index in [1.165, 1.54) is 12.8 Å². The minimum Gasteiger partial charge on any atom is -0.342 e.